The molecule has 0 unspecified atom stereocenters. The first-order valence-electron chi connectivity index (χ1n) is 7.10. The number of hydrogen-bond acceptors (Lipinski definition) is 4. The van der Waals surface area contributed by atoms with Gasteiger partial charge in [-0.2, -0.15) is 0 Å². The highest BCUT2D eigenvalue weighted by molar-refractivity contribution is 5.94. The molecule has 3 amide bonds. The number of carboxylic acids is 1. The third kappa shape index (κ3) is 7.73. The molecule has 0 aromatic rings. The highest BCUT2D eigenvalue weighted by Crippen LogP contribution is 2.06. The van der Waals surface area contributed by atoms with Crippen LogP contribution >= 0.6 is 0 Å². The normalized spacial score (nSPS) is 15.0. The summed E-state index contributed by atoms with van der Waals surface area (Å²) in [6, 6.07) is -0.508. The molecule has 7 nitrogen and oxygen atoms in total. The van der Waals surface area contributed by atoms with Crippen LogP contribution in [0, 0.1) is 0 Å². The van der Waals surface area contributed by atoms with Gasteiger partial charge < -0.3 is 15.3 Å². The number of carbonyl (C=O) groups excluding carboxylic acids is 2. The number of urea groups is 1. The molecule has 0 bridgehead atoms. The first-order valence-corrected chi connectivity index (χ1v) is 7.10. The standard InChI is InChI=1S/C13H23N3O4/c17-11(5-3-6-12(18)19)15-13(20)14-7-4-10-16-8-1-2-9-16/h1-10H2,(H,18,19)(H2,14,15,17,20). The quantitative estimate of drug-likeness (QED) is 0.566. The Morgan fingerprint density at radius 2 is 1.75 bits per heavy atom. The number of carbonyl (C=O) groups is 3. The minimum Gasteiger partial charge on any atom is -0.481 e. The van der Waals surface area contributed by atoms with Gasteiger partial charge in [-0.1, -0.05) is 0 Å². The summed E-state index contributed by atoms with van der Waals surface area (Å²) in [6.45, 7) is 3.76. The molecule has 0 radical (unpaired) electrons. The van der Waals surface area contributed by atoms with Gasteiger partial charge in [0.15, 0.2) is 0 Å². The average molecular weight is 285 g/mol. The van der Waals surface area contributed by atoms with Crippen LogP contribution in [0.15, 0.2) is 0 Å². The Balaban J connectivity index is 1.98. The molecule has 1 fully saturated rings. The molecule has 0 aliphatic carbocycles. The van der Waals surface area contributed by atoms with Gasteiger partial charge in [0.1, 0.15) is 0 Å². The zero-order valence-corrected chi connectivity index (χ0v) is 11.7. The predicted octanol–water partition coefficient (Wildman–Crippen LogP) is 0.553. The van der Waals surface area contributed by atoms with E-state index in [2.05, 4.69) is 15.5 Å². The Bertz CT molecular complexity index is 341. The van der Waals surface area contributed by atoms with Crippen LogP contribution in [0.5, 0.6) is 0 Å². The van der Waals surface area contributed by atoms with Crippen molar-refractivity contribution in [3.8, 4) is 0 Å². The first-order chi connectivity index (χ1) is 9.58. The zero-order chi connectivity index (χ0) is 14.8. The molecule has 1 aliphatic rings. The number of rotatable bonds is 8. The van der Waals surface area contributed by atoms with E-state index in [1.54, 1.807) is 0 Å². The molecule has 0 saturated carbocycles. The number of likely N-dealkylation sites (tertiary alicyclic amines) is 1. The molecule has 1 heterocycles. The van der Waals surface area contributed by atoms with Crippen molar-refractivity contribution < 1.29 is 19.5 Å². The van der Waals surface area contributed by atoms with Gasteiger partial charge >= 0.3 is 12.0 Å². The first kappa shape index (κ1) is 16.4. The molecule has 1 aliphatic heterocycles. The summed E-state index contributed by atoms with van der Waals surface area (Å²) in [7, 11) is 0. The number of carboxylic acid groups (broad SMARTS) is 1. The van der Waals surface area contributed by atoms with Gasteiger partial charge in [-0.15, -0.1) is 0 Å². The van der Waals surface area contributed by atoms with Crippen LogP contribution in [0.2, 0.25) is 0 Å². The Kier molecular flexibility index (Phi) is 7.64. The van der Waals surface area contributed by atoms with E-state index in [4.69, 9.17) is 5.11 Å². The van der Waals surface area contributed by atoms with E-state index in [1.165, 1.54) is 12.8 Å². The minimum atomic E-state index is -0.941. The Morgan fingerprint density at radius 3 is 2.40 bits per heavy atom. The van der Waals surface area contributed by atoms with Gasteiger partial charge in [-0.3, -0.25) is 14.9 Å². The van der Waals surface area contributed by atoms with Crippen molar-refractivity contribution in [2.75, 3.05) is 26.2 Å². The number of hydrogen-bond donors (Lipinski definition) is 3. The maximum Gasteiger partial charge on any atom is 0.321 e. The smallest absolute Gasteiger partial charge is 0.321 e. The lowest BCUT2D eigenvalue weighted by molar-refractivity contribution is -0.137. The van der Waals surface area contributed by atoms with E-state index in [9.17, 15) is 14.4 Å². The number of nitrogens with one attached hydrogen (secondary N) is 2. The average Bonchev–Trinajstić information content (AvgIpc) is 2.87. The monoisotopic (exact) mass is 285 g/mol. The van der Waals surface area contributed by atoms with E-state index in [-0.39, 0.29) is 19.3 Å². The van der Waals surface area contributed by atoms with Gasteiger partial charge in [0.25, 0.3) is 0 Å². The molecule has 0 aromatic carbocycles. The maximum absolute atomic E-state index is 11.4. The fourth-order valence-corrected chi connectivity index (χ4v) is 2.14. The lowest BCUT2D eigenvalue weighted by Crippen LogP contribution is -2.40. The number of imide groups is 1. The van der Waals surface area contributed by atoms with Crippen LogP contribution in [0.4, 0.5) is 4.79 Å². The van der Waals surface area contributed by atoms with Crippen molar-refractivity contribution in [2.24, 2.45) is 0 Å². The molecule has 1 saturated heterocycles. The van der Waals surface area contributed by atoms with Crippen molar-refractivity contribution in [3.63, 3.8) is 0 Å². The van der Waals surface area contributed by atoms with Gasteiger partial charge in [-0.25, -0.2) is 4.79 Å². The lowest BCUT2D eigenvalue weighted by Gasteiger charge is -2.14. The van der Waals surface area contributed by atoms with E-state index in [0.717, 1.165) is 26.1 Å². The lowest BCUT2D eigenvalue weighted by atomic mass is 10.2. The molecule has 7 heteroatoms. The van der Waals surface area contributed by atoms with Gasteiger partial charge in [-0.05, 0) is 45.3 Å². The van der Waals surface area contributed by atoms with Crippen molar-refractivity contribution in [2.45, 2.75) is 38.5 Å². The van der Waals surface area contributed by atoms with Gasteiger partial charge in [0, 0.05) is 19.4 Å². The van der Waals surface area contributed by atoms with Crippen molar-refractivity contribution in [3.05, 3.63) is 0 Å². The molecule has 114 valence electrons. The van der Waals surface area contributed by atoms with Crippen LogP contribution in [0.3, 0.4) is 0 Å². The minimum absolute atomic E-state index is 0.0491. The second-order valence-electron chi connectivity index (χ2n) is 4.95. The summed E-state index contributed by atoms with van der Waals surface area (Å²) < 4.78 is 0. The summed E-state index contributed by atoms with van der Waals surface area (Å²) in [4.78, 5) is 35.3. The Labute approximate surface area is 118 Å². The van der Waals surface area contributed by atoms with Crippen LogP contribution in [-0.4, -0.2) is 54.1 Å². The highest BCUT2D eigenvalue weighted by Gasteiger charge is 2.11. The summed E-state index contributed by atoms with van der Waals surface area (Å²) in [6.07, 6.45) is 3.58. The van der Waals surface area contributed by atoms with Gasteiger partial charge in [0.05, 0.1) is 0 Å². The summed E-state index contributed by atoms with van der Waals surface area (Å²) in [5.41, 5.74) is 0. The number of nitrogens with zero attached hydrogens (tertiary/aromatic N) is 1. The van der Waals surface area contributed by atoms with Crippen LogP contribution in [0.1, 0.15) is 38.5 Å². The molecule has 0 spiro atoms. The molecule has 20 heavy (non-hydrogen) atoms. The summed E-state index contributed by atoms with van der Waals surface area (Å²) in [5, 5.41) is 13.2. The Morgan fingerprint density at radius 1 is 1.05 bits per heavy atom. The SMILES string of the molecule is O=C(O)CCCC(=O)NC(=O)NCCCN1CCCC1. The van der Waals surface area contributed by atoms with Crippen molar-refractivity contribution in [1.82, 2.24) is 15.5 Å². The molecule has 1 rings (SSSR count). The van der Waals surface area contributed by atoms with Crippen LogP contribution in [0.25, 0.3) is 0 Å². The second-order valence-corrected chi connectivity index (χ2v) is 4.95. The zero-order valence-electron chi connectivity index (χ0n) is 11.7. The third-order valence-electron chi connectivity index (χ3n) is 3.18. The van der Waals surface area contributed by atoms with Crippen molar-refractivity contribution in [1.29, 1.82) is 0 Å². The second kappa shape index (κ2) is 9.30. The summed E-state index contributed by atoms with van der Waals surface area (Å²) >= 11 is 0. The largest absolute Gasteiger partial charge is 0.481 e. The molecular weight excluding hydrogens is 262 g/mol. The maximum atomic E-state index is 11.4. The van der Waals surface area contributed by atoms with Crippen molar-refractivity contribution >= 4 is 17.9 Å². The topological polar surface area (TPSA) is 98.7 Å². The van der Waals surface area contributed by atoms with Crippen LogP contribution in [-0.2, 0) is 9.59 Å². The molecule has 3 N–H and O–H groups in total. The molecule has 0 aromatic heterocycles. The Hall–Kier alpha value is -1.63. The number of aliphatic carboxylic acids is 1. The molecule has 0 atom stereocenters. The highest BCUT2D eigenvalue weighted by atomic mass is 16.4. The summed E-state index contributed by atoms with van der Waals surface area (Å²) in [5.74, 6) is -1.38. The fraction of sp³-hybridized carbons (Fsp3) is 0.769. The van der Waals surface area contributed by atoms with E-state index >= 15 is 0 Å². The third-order valence-corrected chi connectivity index (χ3v) is 3.18. The predicted molar refractivity (Wildman–Crippen MR) is 73.3 cm³/mol. The van der Waals surface area contributed by atoms with E-state index in [1.807, 2.05) is 0 Å². The fourth-order valence-electron chi connectivity index (χ4n) is 2.14. The van der Waals surface area contributed by atoms with E-state index < -0.39 is 17.9 Å². The van der Waals surface area contributed by atoms with E-state index in [0.29, 0.717) is 6.54 Å². The van der Waals surface area contributed by atoms with Gasteiger partial charge in [0.2, 0.25) is 5.91 Å². The number of amides is 3. The molecular formula is C13H23N3O4. The van der Waals surface area contributed by atoms with Crippen LogP contribution < -0.4 is 10.6 Å².